The highest BCUT2D eigenvalue weighted by Gasteiger charge is 2.30. The second kappa shape index (κ2) is 5.45. The van der Waals surface area contributed by atoms with Crippen LogP contribution in [0.4, 0.5) is 18.9 Å². The molecule has 0 aromatic heterocycles. The number of alkyl halides is 3. The van der Waals surface area contributed by atoms with Gasteiger partial charge >= 0.3 is 6.18 Å². The quantitative estimate of drug-likeness (QED) is 0.849. The molecule has 0 unspecified atom stereocenters. The number of hydrogen-bond donors (Lipinski definition) is 1. The fraction of sp³-hybridized carbons (Fsp3) is 0.200. The van der Waals surface area contributed by atoms with Crippen LogP contribution in [0.5, 0.6) is 5.75 Å². The molecule has 0 aliphatic rings. The van der Waals surface area contributed by atoms with Crippen molar-refractivity contribution >= 4 is 5.69 Å². The van der Waals surface area contributed by atoms with Crippen LogP contribution in [0.15, 0.2) is 42.5 Å². The Morgan fingerprint density at radius 3 is 2.35 bits per heavy atom. The lowest BCUT2D eigenvalue weighted by atomic mass is 10.0. The average Bonchev–Trinajstić information content (AvgIpc) is 2.40. The first-order valence-electron chi connectivity index (χ1n) is 6.11. The summed E-state index contributed by atoms with van der Waals surface area (Å²) in [7, 11) is 0. The van der Waals surface area contributed by atoms with Crippen molar-refractivity contribution in [1.82, 2.24) is 0 Å². The smallest absolute Gasteiger partial charge is 0.416 e. The third-order valence-corrected chi connectivity index (χ3v) is 2.83. The van der Waals surface area contributed by atoms with E-state index in [4.69, 9.17) is 10.5 Å². The van der Waals surface area contributed by atoms with Crippen molar-refractivity contribution in [2.45, 2.75) is 13.1 Å². The molecule has 2 rings (SSSR count). The van der Waals surface area contributed by atoms with Crippen molar-refractivity contribution in [2.75, 3.05) is 12.3 Å². The van der Waals surface area contributed by atoms with Gasteiger partial charge in [-0.15, -0.1) is 0 Å². The van der Waals surface area contributed by atoms with E-state index in [9.17, 15) is 13.2 Å². The molecule has 0 atom stereocenters. The molecule has 2 aromatic rings. The normalized spacial score (nSPS) is 11.4. The Morgan fingerprint density at radius 2 is 1.75 bits per heavy atom. The average molecular weight is 281 g/mol. The van der Waals surface area contributed by atoms with E-state index < -0.39 is 11.7 Å². The number of nitrogens with two attached hydrogens (primary N) is 1. The van der Waals surface area contributed by atoms with Gasteiger partial charge in [-0.1, -0.05) is 18.2 Å². The highest BCUT2D eigenvalue weighted by Crippen LogP contribution is 2.34. The molecule has 0 radical (unpaired) electrons. The van der Waals surface area contributed by atoms with E-state index in [0.29, 0.717) is 29.2 Å². The van der Waals surface area contributed by atoms with Crippen molar-refractivity contribution in [3.63, 3.8) is 0 Å². The lowest BCUT2D eigenvalue weighted by Gasteiger charge is -2.11. The summed E-state index contributed by atoms with van der Waals surface area (Å²) in [4.78, 5) is 0. The minimum atomic E-state index is -4.35. The number of hydrogen-bond acceptors (Lipinski definition) is 2. The largest absolute Gasteiger partial charge is 0.492 e. The van der Waals surface area contributed by atoms with Crippen molar-refractivity contribution in [3.05, 3.63) is 48.0 Å². The molecular weight excluding hydrogens is 267 g/mol. The first-order valence-corrected chi connectivity index (χ1v) is 6.11. The predicted molar refractivity (Wildman–Crippen MR) is 72.5 cm³/mol. The van der Waals surface area contributed by atoms with Crippen molar-refractivity contribution < 1.29 is 17.9 Å². The SMILES string of the molecule is CCOc1ccc(-c2cccc(C(F)(F)F)c2)cc1N. The molecule has 2 N–H and O–H groups in total. The van der Waals surface area contributed by atoms with Crippen molar-refractivity contribution in [3.8, 4) is 16.9 Å². The molecule has 0 amide bonds. The third kappa shape index (κ3) is 3.04. The summed E-state index contributed by atoms with van der Waals surface area (Å²) < 4.78 is 43.3. The Morgan fingerprint density at radius 1 is 1.05 bits per heavy atom. The summed E-state index contributed by atoms with van der Waals surface area (Å²) in [5, 5.41) is 0. The minimum Gasteiger partial charge on any atom is -0.492 e. The summed E-state index contributed by atoms with van der Waals surface area (Å²) in [6, 6.07) is 10.1. The van der Waals surface area contributed by atoms with Crippen molar-refractivity contribution in [1.29, 1.82) is 0 Å². The van der Waals surface area contributed by atoms with E-state index in [0.717, 1.165) is 12.1 Å². The molecule has 0 heterocycles. The van der Waals surface area contributed by atoms with Gasteiger partial charge in [-0.05, 0) is 42.3 Å². The van der Waals surface area contributed by atoms with Gasteiger partial charge in [0, 0.05) is 0 Å². The Labute approximate surface area is 115 Å². The minimum absolute atomic E-state index is 0.404. The van der Waals surface area contributed by atoms with Crippen LogP contribution in [-0.2, 0) is 6.18 Å². The standard InChI is InChI=1S/C15H14F3NO/c1-2-20-14-7-6-11(9-13(14)19)10-4-3-5-12(8-10)15(16,17)18/h3-9H,2,19H2,1H3. The molecule has 106 valence electrons. The van der Waals surface area contributed by atoms with E-state index in [1.165, 1.54) is 6.07 Å². The molecule has 0 aliphatic carbocycles. The molecule has 0 bridgehead atoms. The Kier molecular flexibility index (Phi) is 3.88. The zero-order valence-electron chi connectivity index (χ0n) is 10.9. The van der Waals surface area contributed by atoms with Gasteiger partial charge < -0.3 is 10.5 Å². The lowest BCUT2D eigenvalue weighted by Crippen LogP contribution is -2.04. The first kappa shape index (κ1) is 14.2. The van der Waals surface area contributed by atoms with Gasteiger partial charge in [-0.25, -0.2) is 0 Å². The Bertz CT molecular complexity index is 608. The summed E-state index contributed by atoms with van der Waals surface area (Å²) in [5.41, 5.74) is 6.64. The van der Waals surface area contributed by atoms with E-state index in [1.807, 2.05) is 6.92 Å². The van der Waals surface area contributed by atoms with E-state index in [1.54, 1.807) is 24.3 Å². The third-order valence-electron chi connectivity index (χ3n) is 2.83. The maximum Gasteiger partial charge on any atom is 0.416 e. The van der Waals surface area contributed by atoms with Gasteiger partial charge in [0.05, 0.1) is 17.9 Å². The second-order valence-electron chi connectivity index (χ2n) is 4.26. The predicted octanol–water partition coefficient (Wildman–Crippen LogP) is 4.35. The molecule has 0 spiro atoms. The summed E-state index contributed by atoms with van der Waals surface area (Å²) >= 11 is 0. The van der Waals surface area contributed by atoms with Crippen LogP contribution in [0.25, 0.3) is 11.1 Å². The molecule has 5 heteroatoms. The van der Waals surface area contributed by atoms with Crippen LogP contribution in [-0.4, -0.2) is 6.61 Å². The van der Waals surface area contributed by atoms with Gasteiger partial charge in [-0.2, -0.15) is 13.2 Å². The number of halogens is 3. The monoisotopic (exact) mass is 281 g/mol. The zero-order valence-corrected chi connectivity index (χ0v) is 10.9. The number of ether oxygens (including phenoxy) is 1. The zero-order chi connectivity index (χ0) is 14.8. The molecule has 0 saturated heterocycles. The number of nitrogen functional groups attached to an aromatic ring is 1. The molecular formula is C15H14F3NO. The Hall–Kier alpha value is -2.17. The maximum atomic E-state index is 12.7. The van der Waals surface area contributed by atoms with Crippen LogP contribution in [0, 0.1) is 0 Å². The highest BCUT2D eigenvalue weighted by molar-refractivity contribution is 5.71. The molecule has 0 saturated carbocycles. The van der Waals surface area contributed by atoms with Crippen LogP contribution in [0.3, 0.4) is 0 Å². The highest BCUT2D eigenvalue weighted by atomic mass is 19.4. The van der Waals surface area contributed by atoms with Gasteiger partial charge in [-0.3, -0.25) is 0 Å². The van der Waals surface area contributed by atoms with E-state index >= 15 is 0 Å². The molecule has 2 nitrogen and oxygen atoms in total. The number of anilines is 1. The fourth-order valence-corrected chi connectivity index (χ4v) is 1.89. The van der Waals surface area contributed by atoms with Gasteiger partial charge in [0.25, 0.3) is 0 Å². The van der Waals surface area contributed by atoms with Crippen LogP contribution >= 0.6 is 0 Å². The van der Waals surface area contributed by atoms with Crippen LogP contribution < -0.4 is 10.5 Å². The van der Waals surface area contributed by atoms with Crippen molar-refractivity contribution in [2.24, 2.45) is 0 Å². The topological polar surface area (TPSA) is 35.2 Å². The molecule has 0 fully saturated rings. The molecule has 20 heavy (non-hydrogen) atoms. The second-order valence-corrected chi connectivity index (χ2v) is 4.26. The maximum absolute atomic E-state index is 12.7. The summed E-state index contributed by atoms with van der Waals surface area (Å²) in [5.74, 6) is 0.531. The van der Waals surface area contributed by atoms with Crippen LogP contribution in [0.2, 0.25) is 0 Å². The van der Waals surface area contributed by atoms with E-state index in [2.05, 4.69) is 0 Å². The van der Waals surface area contributed by atoms with Gasteiger partial charge in [0.2, 0.25) is 0 Å². The summed E-state index contributed by atoms with van der Waals surface area (Å²) in [6.45, 7) is 2.31. The number of benzene rings is 2. The molecule has 2 aromatic carbocycles. The first-order chi connectivity index (χ1) is 9.41. The number of rotatable bonds is 3. The lowest BCUT2D eigenvalue weighted by molar-refractivity contribution is -0.137. The van der Waals surface area contributed by atoms with E-state index in [-0.39, 0.29) is 0 Å². The molecule has 0 aliphatic heterocycles. The van der Waals surface area contributed by atoms with Gasteiger partial charge in [0.15, 0.2) is 0 Å². The Balaban J connectivity index is 2.39. The summed E-state index contributed by atoms with van der Waals surface area (Å²) in [6.07, 6.45) is -4.35. The van der Waals surface area contributed by atoms with Crippen LogP contribution in [0.1, 0.15) is 12.5 Å². The van der Waals surface area contributed by atoms with Gasteiger partial charge in [0.1, 0.15) is 5.75 Å². The fourth-order valence-electron chi connectivity index (χ4n) is 1.89.